The van der Waals surface area contributed by atoms with Crippen molar-refractivity contribution in [1.82, 2.24) is 0 Å². The van der Waals surface area contributed by atoms with Crippen LogP contribution in [0.25, 0.3) is 0 Å². The number of methoxy groups -OCH3 is 1. The van der Waals surface area contributed by atoms with E-state index in [4.69, 9.17) is 10.5 Å². The van der Waals surface area contributed by atoms with Gasteiger partial charge in [-0.25, -0.2) is 4.39 Å². The molecule has 1 aliphatic rings. The molecule has 0 aliphatic carbocycles. The van der Waals surface area contributed by atoms with Gasteiger partial charge in [-0.3, -0.25) is 0 Å². The largest absolute Gasteiger partial charge is 0.495 e. The van der Waals surface area contributed by atoms with Crippen LogP contribution < -0.4 is 15.4 Å². The first-order valence-electron chi connectivity index (χ1n) is 5.18. The van der Waals surface area contributed by atoms with Gasteiger partial charge in [0, 0.05) is 36.7 Å². The lowest BCUT2D eigenvalue weighted by Crippen LogP contribution is -2.33. The van der Waals surface area contributed by atoms with Crippen LogP contribution in [0.5, 0.6) is 5.75 Å². The minimum Gasteiger partial charge on any atom is -0.495 e. The highest BCUT2D eigenvalue weighted by Gasteiger charge is 2.17. The highest BCUT2D eigenvalue weighted by atomic mass is 32.2. The Balaban J connectivity index is 2.31. The normalized spacial score (nSPS) is 16.2. The van der Waals surface area contributed by atoms with Gasteiger partial charge in [0.1, 0.15) is 11.6 Å². The average Bonchev–Trinajstić information content (AvgIpc) is 2.30. The smallest absolute Gasteiger partial charge is 0.148 e. The van der Waals surface area contributed by atoms with E-state index in [9.17, 15) is 4.39 Å². The highest BCUT2D eigenvalue weighted by Crippen LogP contribution is 2.31. The maximum Gasteiger partial charge on any atom is 0.148 e. The minimum absolute atomic E-state index is 0.273. The summed E-state index contributed by atoms with van der Waals surface area (Å²) in [4.78, 5) is 2.04. The van der Waals surface area contributed by atoms with Crippen LogP contribution >= 0.6 is 11.8 Å². The van der Waals surface area contributed by atoms with E-state index in [-0.39, 0.29) is 5.82 Å². The maximum absolute atomic E-state index is 13.8. The summed E-state index contributed by atoms with van der Waals surface area (Å²) in [5.74, 6) is 2.33. The molecule has 0 saturated carbocycles. The fourth-order valence-corrected chi connectivity index (χ4v) is 2.68. The van der Waals surface area contributed by atoms with Gasteiger partial charge in [-0.2, -0.15) is 11.8 Å². The molecule has 2 N–H and O–H groups in total. The number of hydrogen-bond donors (Lipinski definition) is 1. The lowest BCUT2D eigenvalue weighted by Gasteiger charge is -2.29. The molecule has 0 unspecified atom stereocenters. The molecule has 0 radical (unpaired) electrons. The first kappa shape index (κ1) is 11.4. The van der Waals surface area contributed by atoms with Crippen molar-refractivity contribution in [3.05, 3.63) is 17.9 Å². The summed E-state index contributed by atoms with van der Waals surface area (Å²) in [7, 11) is 1.54. The van der Waals surface area contributed by atoms with Crippen LogP contribution in [-0.2, 0) is 0 Å². The zero-order valence-electron chi connectivity index (χ0n) is 9.20. The number of halogens is 1. The minimum atomic E-state index is -0.273. The molecule has 1 aliphatic heterocycles. The second-order valence-corrected chi connectivity index (χ2v) is 4.87. The third-order valence-electron chi connectivity index (χ3n) is 2.65. The van der Waals surface area contributed by atoms with Crippen molar-refractivity contribution in [1.29, 1.82) is 0 Å². The van der Waals surface area contributed by atoms with Gasteiger partial charge in [0.15, 0.2) is 0 Å². The highest BCUT2D eigenvalue weighted by molar-refractivity contribution is 7.99. The second-order valence-electron chi connectivity index (χ2n) is 3.64. The number of rotatable bonds is 2. The van der Waals surface area contributed by atoms with E-state index >= 15 is 0 Å². The summed E-state index contributed by atoms with van der Waals surface area (Å²) in [5.41, 5.74) is 6.57. The standard InChI is InChI=1S/C11H15FN2OS/c1-15-11-7-10(8(12)6-9(11)13)14-2-4-16-5-3-14/h6-7H,2-5,13H2,1H3. The summed E-state index contributed by atoms with van der Waals surface area (Å²) < 4.78 is 18.9. The monoisotopic (exact) mass is 242 g/mol. The lowest BCUT2D eigenvalue weighted by atomic mass is 10.2. The molecule has 16 heavy (non-hydrogen) atoms. The van der Waals surface area contributed by atoms with Gasteiger partial charge < -0.3 is 15.4 Å². The lowest BCUT2D eigenvalue weighted by molar-refractivity contribution is 0.416. The summed E-state index contributed by atoms with van der Waals surface area (Å²) in [6, 6.07) is 3.01. The molecule has 0 amide bonds. The number of nitrogens with two attached hydrogens (primary N) is 1. The number of benzene rings is 1. The van der Waals surface area contributed by atoms with Crippen LogP contribution in [0.2, 0.25) is 0 Å². The van der Waals surface area contributed by atoms with Gasteiger partial charge in [0.05, 0.1) is 18.5 Å². The van der Waals surface area contributed by atoms with Crippen LogP contribution in [-0.4, -0.2) is 31.7 Å². The predicted molar refractivity (Wildman–Crippen MR) is 66.9 cm³/mol. The molecule has 1 aromatic carbocycles. The van der Waals surface area contributed by atoms with Crippen molar-refractivity contribution in [2.45, 2.75) is 0 Å². The number of ether oxygens (including phenoxy) is 1. The van der Waals surface area contributed by atoms with E-state index in [1.807, 2.05) is 16.7 Å². The fraction of sp³-hybridized carbons (Fsp3) is 0.455. The van der Waals surface area contributed by atoms with Gasteiger partial charge in [0.25, 0.3) is 0 Å². The molecule has 5 heteroatoms. The molecule has 0 atom stereocenters. The molecule has 1 fully saturated rings. The molecule has 1 heterocycles. The summed E-state index contributed by atoms with van der Waals surface area (Å²) in [6.45, 7) is 1.74. The van der Waals surface area contributed by atoms with Gasteiger partial charge in [-0.05, 0) is 0 Å². The van der Waals surface area contributed by atoms with Gasteiger partial charge in [-0.15, -0.1) is 0 Å². The summed E-state index contributed by atoms with van der Waals surface area (Å²) in [6.07, 6.45) is 0. The molecule has 0 aromatic heterocycles. The number of anilines is 2. The summed E-state index contributed by atoms with van der Waals surface area (Å²) in [5, 5.41) is 0. The van der Waals surface area contributed by atoms with Gasteiger partial charge in [-0.1, -0.05) is 0 Å². The molecular weight excluding hydrogens is 227 g/mol. The molecule has 88 valence electrons. The number of thioether (sulfide) groups is 1. The van der Waals surface area contributed by atoms with E-state index in [1.54, 1.807) is 13.2 Å². The van der Waals surface area contributed by atoms with Crippen molar-refractivity contribution in [3.8, 4) is 5.75 Å². The number of nitrogen functional groups attached to an aromatic ring is 1. The second kappa shape index (κ2) is 4.82. The van der Waals surface area contributed by atoms with E-state index < -0.39 is 0 Å². The van der Waals surface area contributed by atoms with E-state index in [2.05, 4.69) is 0 Å². The molecule has 1 saturated heterocycles. The fourth-order valence-electron chi connectivity index (χ4n) is 1.78. The molecule has 0 spiro atoms. The van der Waals surface area contributed by atoms with Crippen molar-refractivity contribution in [3.63, 3.8) is 0 Å². The van der Waals surface area contributed by atoms with Gasteiger partial charge >= 0.3 is 0 Å². The Morgan fingerprint density at radius 2 is 2.06 bits per heavy atom. The summed E-state index contributed by atoms with van der Waals surface area (Å²) >= 11 is 1.89. The number of nitrogens with zero attached hydrogens (tertiary/aromatic N) is 1. The van der Waals surface area contributed by atoms with Crippen molar-refractivity contribution in [2.75, 3.05) is 42.3 Å². The van der Waals surface area contributed by atoms with E-state index in [0.717, 1.165) is 24.6 Å². The Morgan fingerprint density at radius 3 is 2.69 bits per heavy atom. The van der Waals surface area contributed by atoms with Crippen molar-refractivity contribution < 1.29 is 9.13 Å². The zero-order chi connectivity index (χ0) is 11.5. The van der Waals surface area contributed by atoms with Crippen LogP contribution in [0.3, 0.4) is 0 Å². The molecule has 1 aromatic rings. The Hall–Kier alpha value is -1.10. The van der Waals surface area contributed by atoms with Crippen LogP contribution in [0.1, 0.15) is 0 Å². The quantitative estimate of drug-likeness (QED) is 0.805. The van der Waals surface area contributed by atoms with Crippen LogP contribution in [0.4, 0.5) is 15.8 Å². The zero-order valence-corrected chi connectivity index (χ0v) is 10.0. The predicted octanol–water partition coefficient (Wildman–Crippen LogP) is 1.97. The van der Waals surface area contributed by atoms with Crippen molar-refractivity contribution >= 4 is 23.1 Å². The average molecular weight is 242 g/mol. The van der Waals surface area contributed by atoms with E-state index in [1.165, 1.54) is 6.07 Å². The topological polar surface area (TPSA) is 38.5 Å². The van der Waals surface area contributed by atoms with Gasteiger partial charge in [0.2, 0.25) is 0 Å². The number of hydrogen-bond acceptors (Lipinski definition) is 4. The third-order valence-corrected chi connectivity index (χ3v) is 3.59. The van der Waals surface area contributed by atoms with Crippen LogP contribution in [0.15, 0.2) is 12.1 Å². The molecule has 3 nitrogen and oxygen atoms in total. The Kier molecular flexibility index (Phi) is 3.43. The van der Waals surface area contributed by atoms with Crippen LogP contribution in [0, 0.1) is 5.82 Å². The Labute approximate surface area is 98.8 Å². The molecule has 0 bridgehead atoms. The molecule has 2 rings (SSSR count). The Bertz CT molecular complexity index is 380. The van der Waals surface area contributed by atoms with E-state index in [0.29, 0.717) is 17.1 Å². The third kappa shape index (κ3) is 2.19. The molecular formula is C11H15FN2OS. The van der Waals surface area contributed by atoms with Crippen molar-refractivity contribution in [2.24, 2.45) is 0 Å². The maximum atomic E-state index is 13.8. The SMILES string of the molecule is COc1cc(N2CCSCC2)c(F)cc1N. The Morgan fingerprint density at radius 1 is 1.38 bits per heavy atom. The first-order chi connectivity index (χ1) is 7.72. The first-order valence-corrected chi connectivity index (χ1v) is 6.33.